The minimum absolute atomic E-state index is 0.110. The SMILES string of the molecule is N#Cc1cccc(NC(=O)c2ccc(F)cn2)c1. The van der Waals surface area contributed by atoms with Crippen molar-refractivity contribution in [1.29, 1.82) is 5.26 Å². The number of benzene rings is 1. The first-order valence-corrected chi connectivity index (χ1v) is 5.12. The maximum Gasteiger partial charge on any atom is 0.274 e. The molecule has 0 spiro atoms. The van der Waals surface area contributed by atoms with Crippen LogP contribution in [-0.2, 0) is 0 Å². The third kappa shape index (κ3) is 2.68. The molecule has 5 heteroatoms. The Bertz CT molecular complexity index is 617. The van der Waals surface area contributed by atoms with Crippen molar-refractivity contribution in [2.45, 2.75) is 0 Å². The van der Waals surface area contributed by atoms with Gasteiger partial charge in [0, 0.05) is 5.69 Å². The van der Waals surface area contributed by atoms with Gasteiger partial charge in [-0.15, -0.1) is 0 Å². The van der Waals surface area contributed by atoms with Crippen molar-refractivity contribution >= 4 is 11.6 Å². The molecule has 88 valence electrons. The first-order chi connectivity index (χ1) is 8.69. The molecule has 4 nitrogen and oxygen atoms in total. The van der Waals surface area contributed by atoms with Crippen molar-refractivity contribution in [3.05, 3.63) is 59.7 Å². The second-order valence-corrected chi connectivity index (χ2v) is 3.51. The zero-order valence-corrected chi connectivity index (χ0v) is 9.22. The summed E-state index contributed by atoms with van der Waals surface area (Å²) < 4.78 is 12.6. The summed E-state index contributed by atoms with van der Waals surface area (Å²) in [5.74, 6) is -0.955. The van der Waals surface area contributed by atoms with Crippen molar-refractivity contribution < 1.29 is 9.18 Å². The van der Waals surface area contributed by atoms with Gasteiger partial charge in [0.15, 0.2) is 0 Å². The van der Waals surface area contributed by atoms with E-state index in [0.29, 0.717) is 11.3 Å². The number of rotatable bonds is 2. The molecule has 0 saturated heterocycles. The quantitative estimate of drug-likeness (QED) is 0.877. The fourth-order valence-electron chi connectivity index (χ4n) is 1.37. The summed E-state index contributed by atoms with van der Waals surface area (Å²) in [5, 5.41) is 11.3. The number of halogens is 1. The molecule has 2 rings (SSSR count). The molecule has 18 heavy (non-hydrogen) atoms. The van der Waals surface area contributed by atoms with Crippen LogP contribution in [0.3, 0.4) is 0 Å². The average molecular weight is 241 g/mol. The summed E-state index contributed by atoms with van der Waals surface area (Å²) in [5.41, 5.74) is 1.05. The maximum absolute atomic E-state index is 12.6. The molecule has 0 bridgehead atoms. The normalized spacial score (nSPS) is 9.56. The molecule has 0 saturated carbocycles. The molecule has 0 aliphatic rings. The van der Waals surface area contributed by atoms with Gasteiger partial charge in [-0.3, -0.25) is 4.79 Å². The van der Waals surface area contributed by atoms with Gasteiger partial charge in [0.05, 0.1) is 17.8 Å². The van der Waals surface area contributed by atoms with Crippen LogP contribution in [0.15, 0.2) is 42.6 Å². The van der Waals surface area contributed by atoms with Crippen molar-refractivity contribution in [2.24, 2.45) is 0 Å². The van der Waals surface area contributed by atoms with Gasteiger partial charge in [-0.05, 0) is 30.3 Å². The predicted molar refractivity (Wildman–Crippen MR) is 63.3 cm³/mol. The monoisotopic (exact) mass is 241 g/mol. The van der Waals surface area contributed by atoms with E-state index in [1.807, 2.05) is 6.07 Å². The lowest BCUT2D eigenvalue weighted by Gasteiger charge is -2.04. The van der Waals surface area contributed by atoms with Crippen molar-refractivity contribution in [3.63, 3.8) is 0 Å². The van der Waals surface area contributed by atoms with E-state index in [4.69, 9.17) is 5.26 Å². The van der Waals surface area contributed by atoms with Crippen LogP contribution in [0.1, 0.15) is 16.1 Å². The number of hydrogen-bond acceptors (Lipinski definition) is 3. The summed E-state index contributed by atoms with van der Waals surface area (Å²) in [6.45, 7) is 0. The number of pyridine rings is 1. The molecule has 1 amide bonds. The van der Waals surface area contributed by atoms with E-state index in [-0.39, 0.29) is 5.69 Å². The number of nitrogens with zero attached hydrogens (tertiary/aromatic N) is 2. The predicted octanol–water partition coefficient (Wildman–Crippen LogP) is 2.34. The van der Waals surface area contributed by atoms with Gasteiger partial charge >= 0.3 is 0 Å². The van der Waals surface area contributed by atoms with Crippen LogP contribution >= 0.6 is 0 Å². The Morgan fingerprint density at radius 3 is 2.83 bits per heavy atom. The highest BCUT2D eigenvalue weighted by Gasteiger charge is 2.07. The van der Waals surface area contributed by atoms with Gasteiger partial charge in [0.2, 0.25) is 0 Å². The van der Waals surface area contributed by atoms with Gasteiger partial charge < -0.3 is 5.32 Å². The number of anilines is 1. The number of hydrogen-bond donors (Lipinski definition) is 1. The fourth-order valence-corrected chi connectivity index (χ4v) is 1.37. The van der Waals surface area contributed by atoms with E-state index in [1.54, 1.807) is 24.3 Å². The van der Waals surface area contributed by atoms with Crippen molar-refractivity contribution in [1.82, 2.24) is 4.98 Å². The largest absolute Gasteiger partial charge is 0.321 e. The summed E-state index contributed by atoms with van der Waals surface area (Å²) >= 11 is 0. The van der Waals surface area contributed by atoms with Gasteiger partial charge in [0.1, 0.15) is 11.5 Å². The molecule has 0 atom stereocenters. The van der Waals surface area contributed by atoms with E-state index in [2.05, 4.69) is 10.3 Å². The molecule has 0 aliphatic heterocycles. The number of carbonyl (C=O) groups is 1. The average Bonchev–Trinajstić information content (AvgIpc) is 2.39. The van der Waals surface area contributed by atoms with Gasteiger partial charge in [-0.25, -0.2) is 9.37 Å². The minimum Gasteiger partial charge on any atom is -0.321 e. The summed E-state index contributed by atoms with van der Waals surface area (Å²) in [6, 6.07) is 10.9. The van der Waals surface area contributed by atoms with Crippen molar-refractivity contribution in [2.75, 3.05) is 5.32 Å². The molecule has 1 aromatic carbocycles. The highest BCUT2D eigenvalue weighted by atomic mass is 19.1. The minimum atomic E-state index is -0.502. The van der Waals surface area contributed by atoms with Crippen LogP contribution in [0.25, 0.3) is 0 Å². The first-order valence-electron chi connectivity index (χ1n) is 5.12. The number of amides is 1. The lowest BCUT2D eigenvalue weighted by Crippen LogP contribution is -2.13. The smallest absolute Gasteiger partial charge is 0.274 e. The molecule has 0 aliphatic carbocycles. The molecule has 1 aromatic heterocycles. The van der Waals surface area contributed by atoms with E-state index in [1.165, 1.54) is 6.07 Å². The molecular weight excluding hydrogens is 233 g/mol. The van der Waals surface area contributed by atoms with Crippen LogP contribution < -0.4 is 5.32 Å². The Kier molecular flexibility index (Phi) is 3.30. The van der Waals surface area contributed by atoms with Crippen LogP contribution in [0.5, 0.6) is 0 Å². The Labute approximate surface area is 103 Å². The van der Waals surface area contributed by atoms with E-state index >= 15 is 0 Å². The van der Waals surface area contributed by atoms with Crippen LogP contribution in [-0.4, -0.2) is 10.9 Å². The third-order valence-corrected chi connectivity index (χ3v) is 2.21. The second kappa shape index (κ2) is 5.06. The summed E-state index contributed by atoms with van der Waals surface area (Å²) in [7, 11) is 0. The Balaban J connectivity index is 2.16. The standard InChI is InChI=1S/C13H8FN3O/c14-10-4-5-12(16-8-10)13(18)17-11-3-1-2-9(6-11)7-15/h1-6,8H,(H,17,18). The van der Waals surface area contributed by atoms with Crippen LogP contribution in [0, 0.1) is 17.1 Å². The third-order valence-electron chi connectivity index (χ3n) is 2.21. The Hall–Kier alpha value is -2.74. The van der Waals surface area contributed by atoms with Gasteiger partial charge in [-0.1, -0.05) is 6.07 Å². The summed E-state index contributed by atoms with van der Waals surface area (Å²) in [6.07, 6.45) is 0.973. The van der Waals surface area contributed by atoms with E-state index in [0.717, 1.165) is 12.3 Å². The zero-order valence-electron chi connectivity index (χ0n) is 9.22. The molecule has 1 heterocycles. The first kappa shape index (κ1) is 11.7. The van der Waals surface area contributed by atoms with Gasteiger partial charge in [0.25, 0.3) is 5.91 Å². The van der Waals surface area contributed by atoms with Crippen LogP contribution in [0.4, 0.5) is 10.1 Å². The lowest BCUT2D eigenvalue weighted by molar-refractivity contribution is 0.102. The Morgan fingerprint density at radius 1 is 1.33 bits per heavy atom. The fraction of sp³-hybridized carbons (Fsp3) is 0. The van der Waals surface area contributed by atoms with E-state index in [9.17, 15) is 9.18 Å². The van der Waals surface area contributed by atoms with E-state index < -0.39 is 11.7 Å². The number of nitriles is 1. The Morgan fingerprint density at radius 2 is 2.17 bits per heavy atom. The molecule has 0 fully saturated rings. The maximum atomic E-state index is 12.6. The molecule has 0 radical (unpaired) electrons. The number of carbonyl (C=O) groups excluding carboxylic acids is 1. The number of aromatic nitrogens is 1. The topological polar surface area (TPSA) is 65.8 Å². The van der Waals surface area contributed by atoms with Crippen LogP contribution in [0.2, 0.25) is 0 Å². The molecular formula is C13H8FN3O. The highest BCUT2D eigenvalue weighted by Crippen LogP contribution is 2.11. The van der Waals surface area contributed by atoms with Gasteiger partial charge in [-0.2, -0.15) is 5.26 Å². The number of nitrogens with one attached hydrogen (secondary N) is 1. The highest BCUT2D eigenvalue weighted by molar-refractivity contribution is 6.02. The van der Waals surface area contributed by atoms with Crippen molar-refractivity contribution in [3.8, 4) is 6.07 Å². The zero-order chi connectivity index (χ0) is 13.0. The molecule has 2 aromatic rings. The second-order valence-electron chi connectivity index (χ2n) is 3.51. The lowest BCUT2D eigenvalue weighted by atomic mass is 10.2. The summed E-state index contributed by atoms with van der Waals surface area (Å²) in [4.78, 5) is 15.4. The molecule has 1 N–H and O–H groups in total. The molecule has 0 unspecified atom stereocenters.